The Kier molecular flexibility index (Phi) is 6.49. The molecule has 1 aliphatic heterocycles. The Morgan fingerprint density at radius 2 is 1.72 bits per heavy atom. The van der Waals surface area contributed by atoms with E-state index in [1.807, 2.05) is 24.3 Å². The third-order valence-electron chi connectivity index (χ3n) is 6.65. The molecule has 4 rings (SSSR count). The molecule has 2 atom stereocenters. The molecule has 152 valence electrons. The summed E-state index contributed by atoms with van der Waals surface area (Å²) in [6.07, 6.45) is 3.91. The Morgan fingerprint density at radius 3 is 2.38 bits per heavy atom. The van der Waals surface area contributed by atoms with Crippen LogP contribution >= 0.6 is 0 Å². The minimum absolute atomic E-state index is 0.712. The quantitative estimate of drug-likeness (QED) is 0.688. The molecule has 0 radical (unpaired) electrons. The molecule has 1 N–H and O–H groups in total. The fourth-order valence-corrected chi connectivity index (χ4v) is 5.35. The number of rotatable bonds is 8. The van der Waals surface area contributed by atoms with Crippen LogP contribution in [0.2, 0.25) is 0 Å². The molecule has 2 bridgehead atoms. The number of hydrogen-bond donors (Lipinski definition) is 1. The van der Waals surface area contributed by atoms with Crippen LogP contribution in [0.1, 0.15) is 30.4 Å². The third-order valence-corrected chi connectivity index (χ3v) is 6.65. The average molecular weight is 389 g/mol. The Morgan fingerprint density at radius 1 is 1.03 bits per heavy atom. The van der Waals surface area contributed by atoms with E-state index >= 15 is 0 Å². The van der Waals surface area contributed by atoms with Gasteiger partial charge in [-0.05, 0) is 74.5 Å². The van der Waals surface area contributed by atoms with E-state index in [4.69, 9.17) is 5.26 Å². The lowest BCUT2D eigenvalue weighted by Gasteiger charge is -2.42. The predicted octanol–water partition coefficient (Wildman–Crippen LogP) is 4.20. The first-order valence-electron chi connectivity index (χ1n) is 10.9. The summed E-state index contributed by atoms with van der Waals surface area (Å²) in [5.41, 5.74) is 3.25. The predicted molar refractivity (Wildman–Crippen MR) is 119 cm³/mol. The summed E-state index contributed by atoms with van der Waals surface area (Å²) in [7, 11) is 2.32. The van der Waals surface area contributed by atoms with E-state index in [2.05, 4.69) is 58.6 Å². The monoisotopic (exact) mass is 388 g/mol. The van der Waals surface area contributed by atoms with Gasteiger partial charge in [-0.2, -0.15) is 5.26 Å². The molecule has 0 aromatic heterocycles. The first kappa shape index (κ1) is 19.9. The van der Waals surface area contributed by atoms with Crippen LogP contribution in [-0.4, -0.2) is 49.1 Å². The highest BCUT2D eigenvalue weighted by Crippen LogP contribution is 2.40. The van der Waals surface area contributed by atoms with Gasteiger partial charge in [-0.3, -0.25) is 4.90 Å². The number of piperidine rings is 1. The van der Waals surface area contributed by atoms with Crippen molar-refractivity contribution in [2.75, 3.05) is 38.5 Å². The molecule has 2 aromatic rings. The van der Waals surface area contributed by atoms with E-state index in [1.165, 1.54) is 31.5 Å². The highest BCUT2D eigenvalue weighted by Gasteiger charge is 2.43. The number of benzene rings is 2. The van der Waals surface area contributed by atoms with Crippen molar-refractivity contribution in [3.63, 3.8) is 0 Å². The van der Waals surface area contributed by atoms with Crippen LogP contribution in [0.4, 0.5) is 5.69 Å². The summed E-state index contributed by atoms with van der Waals surface area (Å²) < 4.78 is 0. The zero-order valence-corrected chi connectivity index (χ0v) is 17.4. The van der Waals surface area contributed by atoms with Gasteiger partial charge in [0.25, 0.3) is 0 Å². The van der Waals surface area contributed by atoms with Crippen LogP contribution in [-0.2, 0) is 6.54 Å². The molecule has 0 spiro atoms. The highest BCUT2D eigenvalue weighted by molar-refractivity contribution is 5.47. The van der Waals surface area contributed by atoms with Crippen molar-refractivity contribution in [3.05, 3.63) is 65.7 Å². The van der Waals surface area contributed by atoms with E-state index in [0.717, 1.165) is 49.6 Å². The Balaban J connectivity index is 1.22. The van der Waals surface area contributed by atoms with Gasteiger partial charge in [0.2, 0.25) is 0 Å². The van der Waals surface area contributed by atoms with E-state index < -0.39 is 0 Å². The van der Waals surface area contributed by atoms with Crippen LogP contribution < -0.4 is 5.32 Å². The van der Waals surface area contributed by atoms with Crippen LogP contribution in [0.25, 0.3) is 0 Å². The van der Waals surface area contributed by atoms with Crippen molar-refractivity contribution in [2.24, 2.45) is 11.8 Å². The van der Waals surface area contributed by atoms with Gasteiger partial charge in [0.05, 0.1) is 11.6 Å². The maximum atomic E-state index is 8.89. The SMILES string of the molecule is CN(CCCNc1ccc(C#N)cc1)C1C2CCC1CN(Cc1ccccc1)C2. The number of likely N-dealkylation sites (tertiary alicyclic amines) is 1. The summed E-state index contributed by atoms with van der Waals surface area (Å²) in [6.45, 7) is 5.69. The van der Waals surface area contributed by atoms with Gasteiger partial charge in [-0.1, -0.05) is 30.3 Å². The van der Waals surface area contributed by atoms with E-state index in [0.29, 0.717) is 5.56 Å². The first-order valence-corrected chi connectivity index (χ1v) is 10.9. The van der Waals surface area contributed by atoms with Crippen molar-refractivity contribution in [2.45, 2.75) is 31.8 Å². The molecule has 1 heterocycles. The normalized spacial score (nSPS) is 23.8. The van der Waals surface area contributed by atoms with Gasteiger partial charge in [0.15, 0.2) is 0 Å². The van der Waals surface area contributed by atoms with Crippen LogP contribution in [0.3, 0.4) is 0 Å². The summed E-state index contributed by atoms with van der Waals surface area (Å²) in [5, 5.41) is 12.4. The van der Waals surface area contributed by atoms with Crippen LogP contribution in [0, 0.1) is 23.2 Å². The lowest BCUT2D eigenvalue weighted by atomic mass is 9.90. The number of nitriles is 1. The molecular weight excluding hydrogens is 356 g/mol. The second kappa shape index (κ2) is 9.43. The van der Waals surface area contributed by atoms with Gasteiger partial charge in [0, 0.05) is 37.9 Å². The maximum absolute atomic E-state index is 8.89. The molecule has 29 heavy (non-hydrogen) atoms. The molecule has 2 fully saturated rings. The number of anilines is 1. The van der Waals surface area contributed by atoms with Crippen molar-refractivity contribution >= 4 is 5.69 Å². The van der Waals surface area contributed by atoms with Crippen molar-refractivity contribution in [1.29, 1.82) is 5.26 Å². The third kappa shape index (κ3) is 4.98. The summed E-state index contributed by atoms with van der Waals surface area (Å²) in [6, 6.07) is 21.5. The van der Waals surface area contributed by atoms with Gasteiger partial charge in [-0.25, -0.2) is 0 Å². The van der Waals surface area contributed by atoms with Crippen LogP contribution in [0.15, 0.2) is 54.6 Å². The van der Waals surface area contributed by atoms with Gasteiger partial charge < -0.3 is 10.2 Å². The largest absolute Gasteiger partial charge is 0.385 e. The molecule has 4 heteroatoms. The van der Waals surface area contributed by atoms with Crippen molar-refractivity contribution < 1.29 is 0 Å². The first-order chi connectivity index (χ1) is 14.2. The number of nitrogens with one attached hydrogen (secondary N) is 1. The standard InChI is InChI=1S/C25H32N4/c1-28(15-5-14-27-24-12-8-20(16-26)9-13-24)25-22-10-11-23(25)19-29(18-22)17-21-6-3-2-4-7-21/h2-4,6-9,12-13,22-23,25,27H,5,10-11,14-15,17-19H2,1H3. The second-order valence-corrected chi connectivity index (χ2v) is 8.72. The van der Waals surface area contributed by atoms with E-state index in [-0.39, 0.29) is 0 Å². The minimum atomic E-state index is 0.712. The topological polar surface area (TPSA) is 42.3 Å². The molecule has 4 nitrogen and oxygen atoms in total. The second-order valence-electron chi connectivity index (χ2n) is 8.72. The smallest absolute Gasteiger partial charge is 0.0991 e. The molecule has 0 amide bonds. The molecule has 2 unspecified atom stereocenters. The van der Waals surface area contributed by atoms with Gasteiger partial charge >= 0.3 is 0 Å². The Hall–Kier alpha value is -2.35. The Bertz CT molecular complexity index is 797. The van der Waals surface area contributed by atoms with Crippen molar-refractivity contribution in [3.8, 4) is 6.07 Å². The molecule has 2 aromatic carbocycles. The molecule has 2 aliphatic rings. The number of nitrogens with zero attached hydrogens (tertiary/aromatic N) is 3. The zero-order valence-electron chi connectivity index (χ0n) is 17.4. The average Bonchev–Trinajstić information content (AvgIpc) is 3.03. The summed E-state index contributed by atoms with van der Waals surface area (Å²) in [4.78, 5) is 5.30. The van der Waals surface area contributed by atoms with Gasteiger partial charge in [0.1, 0.15) is 0 Å². The van der Waals surface area contributed by atoms with Crippen molar-refractivity contribution in [1.82, 2.24) is 9.80 Å². The number of hydrogen-bond acceptors (Lipinski definition) is 4. The molecular formula is C25H32N4. The van der Waals surface area contributed by atoms with E-state index in [9.17, 15) is 0 Å². The highest BCUT2D eigenvalue weighted by atomic mass is 15.2. The lowest BCUT2D eigenvalue weighted by molar-refractivity contribution is 0.0580. The maximum Gasteiger partial charge on any atom is 0.0991 e. The summed E-state index contributed by atoms with van der Waals surface area (Å²) >= 11 is 0. The lowest BCUT2D eigenvalue weighted by Crippen LogP contribution is -2.51. The molecule has 1 aliphatic carbocycles. The molecule has 1 saturated heterocycles. The molecule has 1 saturated carbocycles. The summed E-state index contributed by atoms with van der Waals surface area (Å²) in [5.74, 6) is 1.63. The van der Waals surface area contributed by atoms with Gasteiger partial charge in [-0.15, -0.1) is 0 Å². The van der Waals surface area contributed by atoms with Crippen LogP contribution in [0.5, 0.6) is 0 Å². The fourth-order valence-electron chi connectivity index (χ4n) is 5.35. The Labute approximate surface area is 175 Å². The minimum Gasteiger partial charge on any atom is -0.385 e. The number of fused-ring (bicyclic) bond motifs is 2. The van der Waals surface area contributed by atoms with E-state index in [1.54, 1.807) is 0 Å². The zero-order chi connectivity index (χ0) is 20.1. The fraction of sp³-hybridized carbons (Fsp3) is 0.480.